The first kappa shape index (κ1) is 18.8. The minimum Gasteiger partial charge on any atom is -0.454 e. The highest BCUT2D eigenvalue weighted by molar-refractivity contribution is 6.05. The third-order valence-electron chi connectivity index (χ3n) is 5.01. The van der Waals surface area contributed by atoms with Crippen LogP contribution in [-0.2, 0) is 6.54 Å². The second-order valence-electron chi connectivity index (χ2n) is 6.98. The summed E-state index contributed by atoms with van der Waals surface area (Å²) < 4.78 is 26.1. The summed E-state index contributed by atoms with van der Waals surface area (Å²) in [7, 11) is 0. The molecule has 2 aromatic carbocycles. The van der Waals surface area contributed by atoms with Gasteiger partial charge < -0.3 is 14.8 Å². The van der Waals surface area contributed by atoms with Crippen molar-refractivity contribution in [3.8, 4) is 11.5 Å². The molecule has 0 saturated heterocycles. The van der Waals surface area contributed by atoms with Crippen molar-refractivity contribution in [3.05, 3.63) is 94.2 Å². The van der Waals surface area contributed by atoms with Crippen LogP contribution in [0.5, 0.6) is 11.5 Å². The molecule has 0 saturated carbocycles. The van der Waals surface area contributed by atoms with Crippen LogP contribution in [0.25, 0.3) is 11.0 Å². The number of amides is 1. The van der Waals surface area contributed by atoms with Gasteiger partial charge in [0, 0.05) is 28.9 Å². The monoisotopic (exact) mass is 417 g/mol. The van der Waals surface area contributed by atoms with Crippen molar-refractivity contribution in [3.63, 3.8) is 0 Å². The van der Waals surface area contributed by atoms with Gasteiger partial charge in [-0.2, -0.15) is 0 Å². The molecule has 154 valence electrons. The molecule has 0 spiro atoms. The van der Waals surface area contributed by atoms with E-state index >= 15 is 0 Å². The van der Waals surface area contributed by atoms with Gasteiger partial charge in [-0.25, -0.2) is 9.37 Å². The molecule has 31 heavy (non-hydrogen) atoms. The molecule has 0 bridgehead atoms. The second-order valence-corrected chi connectivity index (χ2v) is 6.98. The van der Waals surface area contributed by atoms with Crippen LogP contribution >= 0.6 is 0 Å². The predicted octanol–water partition coefficient (Wildman–Crippen LogP) is 3.56. The molecule has 2 aromatic heterocycles. The summed E-state index contributed by atoms with van der Waals surface area (Å²) in [5, 5.41) is 3.31. The van der Waals surface area contributed by atoms with E-state index in [0.29, 0.717) is 33.8 Å². The van der Waals surface area contributed by atoms with Gasteiger partial charge in [0.2, 0.25) is 6.79 Å². The Bertz CT molecular complexity index is 1380. The molecule has 1 amide bonds. The van der Waals surface area contributed by atoms with Gasteiger partial charge >= 0.3 is 0 Å². The van der Waals surface area contributed by atoms with E-state index in [2.05, 4.69) is 10.3 Å². The maximum atomic E-state index is 14.2. The van der Waals surface area contributed by atoms with E-state index < -0.39 is 17.3 Å². The number of nitrogens with zero attached hydrogens (tertiary/aromatic N) is 2. The highest BCUT2D eigenvalue weighted by Crippen LogP contribution is 2.34. The van der Waals surface area contributed by atoms with Crippen molar-refractivity contribution >= 4 is 22.6 Å². The Morgan fingerprint density at radius 1 is 1.06 bits per heavy atom. The molecule has 5 rings (SSSR count). The Kier molecular flexibility index (Phi) is 4.59. The molecule has 1 N–H and O–H groups in total. The lowest BCUT2D eigenvalue weighted by atomic mass is 10.1. The Hall–Kier alpha value is -4.20. The number of hydrogen-bond donors (Lipinski definition) is 1. The number of nitrogens with one attached hydrogen (secondary N) is 1. The molecule has 3 heterocycles. The number of carbonyl (C=O) groups is 1. The van der Waals surface area contributed by atoms with Gasteiger partial charge in [0.25, 0.3) is 11.5 Å². The highest BCUT2D eigenvalue weighted by atomic mass is 19.1. The molecule has 0 fully saturated rings. The summed E-state index contributed by atoms with van der Waals surface area (Å²) in [6.45, 7) is 0.0648. The van der Waals surface area contributed by atoms with Crippen LogP contribution in [0.15, 0.2) is 71.7 Å². The van der Waals surface area contributed by atoms with Gasteiger partial charge in [-0.15, -0.1) is 0 Å². The molecule has 0 radical (unpaired) electrons. The number of rotatable bonds is 4. The van der Waals surface area contributed by atoms with Crippen LogP contribution in [0.3, 0.4) is 0 Å². The van der Waals surface area contributed by atoms with E-state index in [1.54, 1.807) is 54.7 Å². The van der Waals surface area contributed by atoms with Crippen molar-refractivity contribution in [2.24, 2.45) is 0 Å². The lowest BCUT2D eigenvalue weighted by Gasteiger charge is -2.13. The van der Waals surface area contributed by atoms with Crippen LogP contribution in [0.2, 0.25) is 0 Å². The molecular weight excluding hydrogens is 401 g/mol. The molecule has 4 aromatic rings. The largest absolute Gasteiger partial charge is 0.454 e. The first-order valence-corrected chi connectivity index (χ1v) is 9.53. The van der Waals surface area contributed by atoms with E-state index in [1.807, 2.05) is 0 Å². The number of carbonyl (C=O) groups excluding carboxylic acids is 1. The third kappa shape index (κ3) is 3.48. The minimum atomic E-state index is -0.586. The van der Waals surface area contributed by atoms with E-state index in [-0.39, 0.29) is 18.9 Å². The molecule has 8 heteroatoms. The summed E-state index contributed by atoms with van der Waals surface area (Å²) >= 11 is 0. The second kappa shape index (κ2) is 7.56. The van der Waals surface area contributed by atoms with Gasteiger partial charge in [0.05, 0.1) is 6.54 Å². The number of fused-ring (bicyclic) bond motifs is 2. The normalized spacial score (nSPS) is 12.2. The topological polar surface area (TPSA) is 82.4 Å². The van der Waals surface area contributed by atoms with Gasteiger partial charge in [-0.3, -0.25) is 14.2 Å². The fraction of sp³-hybridized carbons (Fsp3) is 0.0870. The fourth-order valence-electron chi connectivity index (χ4n) is 3.49. The summed E-state index contributed by atoms with van der Waals surface area (Å²) in [5.41, 5.74) is 0.517. The quantitative estimate of drug-likeness (QED) is 0.549. The molecule has 1 aliphatic heterocycles. The van der Waals surface area contributed by atoms with Crippen molar-refractivity contribution < 1.29 is 18.7 Å². The first-order valence-electron chi connectivity index (χ1n) is 9.53. The van der Waals surface area contributed by atoms with Crippen LogP contribution in [0.1, 0.15) is 15.9 Å². The maximum absolute atomic E-state index is 14.2. The Morgan fingerprint density at radius 2 is 1.90 bits per heavy atom. The van der Waals surface area contributed by atoms with Gasteiger partial charge in [0.1, 0.15) is 17.0 Å². The molecule has 0 aliphatic carbocycles. The zero-order valence-electron chi connectivity index (χ0n) is 16.2. The number of anilines is 1. The average molecular weight is 417 g/mol. The average Bonchev–Trinajstić information content (AvgIpc) is 3.24. The van der Waals surface area contributed by atoms with Crippen molar-refractivity contribution in [2.45, 2.75) is 6.54 Å². The molecule has 0 atom stereocenters. The number of pyridine rings is 2. The molecule has 0 unspecified atom stereocenters. The molecule has 1 aliphatic rings. The van der Waals surface area contributed by atoms with E-state index in [1.165, 1.54) is 16.7 Å². The smallest absolute Gasteiger partial charge is 0.265 e. The van der Waals surface area contributed by atoms with E-state index in [0.717, 1.165) is 0 Å². The van der Waals surface area contributed by atoms with Gasteiger partial charge in [0.15, 0.2) is 11.5 Å². The molecular formula is C23H16FN3O4. The number of ether oxygens (including phenoxy) is 2. The summed E-state index contributed by atoms with van der Waals surface area (Å²) in [5.74, 6) is 0.0742. The van der Waals surface area contributed by atoms with Crippen LogP contribution in [-0.4, -0.2) is 22.3 Å². The lowest BCUT2D eigenvalue weighted by Crippen LogP contribution is -2.30. The number of hydrogen-bond acceptors (Lipinski definition) is 5. The lowest BCUT2D eigenvalue weighted by molar-refractivity contribution is 0.102. The van der Waals surface area contributed by atoms with Crippen molar-refractivity contribution in [1.82, 2.24) is 9.55 Å². The van der Waals surface area contributed by atoms with Crippen LogP contribution in [0, 0.1) is 5.82 Å². The van der Waals surface area contributed by atoms with E-state index in [4.69, 9.17) is 9.47 Å². The number of aromatic nitrogens is 2. The Labute approximate surface area is 175 Å². The summed E-state index contributed by atoms with van der Waals surface area (Å²) in [6, 6.07) is 16.1. The van der Waals surface area contributed by atoms with Crippen LogP contribution in [0.4, 0.5) is 10.1 Å². The van der Waals surface area contributed by atoms with Crippen LogP contribution < -0.4 is 20.3 Å². The van der Waals surface area contributed by atoms with Crippen molar-refractivity contribution in [2.75, 3.05) is 12.1 Å². The zero-order chi connectivity index (χ0) is 21.4. The van der Waals surface area contributed by atoms with Gasteiger partial charge in [-0.05, 0) is 36.4 Å². The summed E-state index contributed by atoms with van der Waals surface area (Å²) in [6.07, 6.45) is 1.55. The number of halogens is 1. The highest BCUT2D eigenvalue weighted by Gasteiger charge is 2.19. The summed E-state index contributed by atoms with van der Waals surface area (Å²) in [4.78, 5) is 30.4. The first-order chi connectivity index (χ1) is 15.1. The zero-order valence-corrected chi connectivity index (χ0v) is 16.2. The Morgan fingerprint density at radius 3 is 2.77 bits per heavy atom. The SMILES string of the molecule is O=C(Nc1ccc2c(c1)OCO2)c1cc2cccnc2n(Cc2ccccc2F)c1=O. The Balaban J connectivity index is 1.56. The maximum Gasteiger partial charge on any atom is 0.265 e. The number of benzene rings is 2. The van der Waals surface area contributed by atoms with E-state index in [9.17, 15) is 14.0 Å². The van der Waals surface area contributed by atoms with Crippen molar-refractivity contribution in [1.29, 1.82) is 0 Å². The fourth-order valence-corrected chi connectivity index (χ4v) is 3.49. The minimum absolute atomic E-state index is 0.0514. The standard InChI is InChI=1S/C23H16FN3O4/c24-18-6-2-1-4-15(18)12-27-21-14(5-3-9-25-21)10-17(23(27)29)22(28)26-16-7-8-19-20(11-16)31-13-30-19/h1-11H,12-13H2,(H,26,28). The van der Waals surface area contributed by atoms with Gasteiger partial charge in [-0.1, -0.05) is 18.2 Å². The molecule has 7 nitrogen and oxygen atoms in total. The third-order valence-corrected chi connectivity index (χ3v) is 5.01. The predicted molar refractivity (Wildman–Crippen MR) is 112 cm³/mol.